The molecule has 0 saturated heterocycles. The van der Waals surface area contributed by atoms with E-state index >= 15 is 0 Å². The molecule has 0 saturated carbocycles. The van der Waals surface area contributed by atoms with Crippen LogP contribution in [0.15, 0.2) is 24.4 Å². The molecule has 7 heteroatoms. The molecule has 0 atom stereocenters. The summed E-state index contributed by atoms with van der Waals surface area (Å²) < 4.78 is 5.47. The number of nitrogens with two attached hydrogens (primary N) is 1. The minimum absolute atomic E-state index is 0.0153. The molecule has 2 N–H and O–H groups in total. The Balaban J connectivity index is 2.04. The molecule has 0 aliphatic heterocycles. The van der Waals surface area contributed by atoms with Crippen molar-refractivity contribution in [3.05, 3.63) is 30.1 Å². The van der Waals surface area contributed by atoms with Crippen LogP contribution >= 0.6 is 0 Å². The molecule has 0 fully saturated rings. The Morgan fingerprint density at radius 3 is 2.71 bits per heavy atom. The Morgan fingerprint density at radius 2 is 2.05 bits per heavy atom. The zero-order valence-electron chi connectivity index (χ0n) is 12.5. The van der Waals surface area contributed by atoms with Crippen LogP contribution < -0.4 is 15.4 Å². The Hall–Kier alpha value is -2.44. The smallest absolute Gasteiger partial charge is 0.323 e. The lowest BCUT2D eigenvalue weighted by Crippen LogP contribution is -2.24. The van der Waals surface area contributed by atoms with Crippen LogP contribution in [-0.2, 0) is 6.42 Å². The molecule has 0 radical (unpaired) electrons. The molecule has 7 nitrogen and oxygen atoms in total. The third-order valence-electron chi connectivity index (χ3n) is 2.73. The number of hydrogen-bond acceptors (Lipinski definition) is 7. The lowest BCUT2D eigenvalue weighted by atomic mass is 10.2. The second kappa shape index (κ2) is 6.83. The Bertz CT molecular complexity index is 575. The number of ether oxygens (including phenoxy) is 1. The first-order valence-corrected chi connectivity index (χ1v) is 6.84. The maximum absolute atomic E-state index is 5.70. The van der Waals surface area contributed by atoms with Gasteiger partial charge < -0.3 is 15.4 Å². The van der Waals surface area contributed by atoms with Crippen LogP contribution in [0.2, 0.25) is 0 Å². The van der Waals surface area contributed by atoms with Gasteiger partial charge in [-0.25, -0.2) is 0 Å². The molecule has 2 heterocycles. The standard InChI is InChI=1S/C14H20N6O/c1-10(2)21-14-18-12(15)17-13(19-14)20(3)9-7-11-6-4-5-8-16-11/h4-6,8,10H,7,9H2,1-3H3,(H2,15,17,18,19). The van der Waals surface area contributed by atoms with Crippen molar-refractivity contribution >= 4 is 11.9 Å². The number of aromatic nitrogens is 4. The fourth-order valence-electron chi connectivity index (χ4n) is 1.72. The molecule has 0 unspecified atom stereocenters. The number of rotatable bonds is 6. The molecule has 0 bridgehead atoms. The van der Waals surface area contributed by atoms with E-state index in [1.807, 2.05) is 44.0 Å². The fraction of sp³-hybridized carbons (Fsp3) is 0.429. The number of nitrogens with zero attached hydrogens (tertiary/aromatic N) is 5. The van der Waals surface area contributed by atoms with Gasteiger partial charge in [0.2, 0.25) is 11.9 Å². The average molecular weight is 288 g/mol. The van der Waals surface area contributed by atoms with Gasteiger partial charge in [-0.3, -0.25) is 4.98 Å². The summed E-state index contributed by atoms with van der Waals surface area (Å²) in [6, 6.07) is 6.10. The van der Waals surface area contributed by atoms with Gasteiger partial charge in [0.25, 0.3) is 0 Å². The largest absolute Gasteiger partial charge is 0.461 e. The van der Waals surface area contributed by atoms with Gasteiger partial charge in [0.1, 0.15) is 0 Å². The van der Waals surface area contributed by atoms with Crippen molar-refractivity contribution < 1.29 is 4.74 Å². The summed E-state index contributed by atoms with van der Waals surface area (Å²) in [5.41, 5.74) is 6.72. The van der Waals surface area contributed by atoms with Gasteiger partial charge in [-0.2, -0.15) is 15.0 Å². The van der Waals surface area contributed by atoms with Crippen LogP contribution in [0.4, 0.5) is 11.9 Å². The molecule has 0 aliphatic rings. The summed E-state index contributed by atoms with van der Waals surface area (Å²) in [4.78, 5) is 18.6. The zero-order valence-corrected chi connectivity index (χ0v) is 12.5. The number of pyridine rings is 1. The summed E-state index contributed by atoms with van der Waals surface area (Å²) in [5.74, 6) is 0.648. The van der Waals surface area contributed by atoms with Gasteiger partial charge in [-0.15, -0.1) is 0 Å². The SMILES string of the molecule is CC(C)Oc1nc(N)nc(N(C)CCc2ccccn2)n1. The topological polar surface area (TPSA) is 90.0 Å². The quantitative estimate of drug-likeness (QED) is 0.857. The highest BCUT2D eigenvalue weighted by Crippen LogP contribution is 2.13. The Labute approximate surface area is 124 Å². The summed E-state index contributed by atoms with van der Waals surface area (Å²) in [6.07, 6.45) is 2.56. The summed E-state index contributed by atoms with van der Waals surface area (Å²) in [7, 11) is 1.90. The molecular formula is C14H20N6O. The number of anilines is 2. The third kappa shape index (κ3) is 4.55. The second-order valence-corrected chi connectivity index (χ2v) is 4.94. The zero-order chi connectivity index (χ0) is 15.2. The van der Waals surface area contributed by atoms with E-state index in [1.165, 1.54) is 0 Å². The fourth-order valence-corrected chi connectivity index (χ4v) is 1.72. The lowest BCUT2D eigenvalue weighted by Gasteiger charge is -2.17. The highest BCUT2D eigenvalue weighted by molar-refractivity contribution is 5.35. The summed E-state index contributed by atoms with van der Waals surface area (Å²) >= 11 is 0. The maximum atomic E-state index is 5.70. The van der Waals surface area contributed by atoms with Crippen LogP contribution in [0.5, 0.6) is 6.01 Å². The highest BCUT2D eigenvalue weighted by atomic mass is 16.5. The van der Waals surface area contributed by atoms with Crippen LogP contribution in [0.1, 0.15) is 19.5 Å². The first-order chi connectivity index (χ1) is 10.0. The minimum Gasteiger partial charge on any atom is -0.461 e. The molecule has 0 spiro atoms. The first-order valence-electron chi connectivity index (χ1n) is 6.84. The molecule has 21 heavy (non-hydrogen) atoms. The third-order valence-corrected chi connectivity index (χ3v) is 2.73. The van der Waals surface area contributed by atoms with Crippen LogP contribution in [0.3, 0.4) is 0 Å². The summed E-state index contributed by atoms with van der Waals surface area (Å²) in [6.45, 7) is 4.54. The number of likely N-dealkylation sites (N-methyl/N-ethyl adjacent to an activating group) is 1. The van der Waals surface area contributed by atoms with Crippen molar-refractivity contribution in [2.24, 2.45) is 0 Å². The molecule has 0 amide bonds. The van der Waals surface area contributed by atoms with Crippen molar-refractivity contribution in [2.75, 3.05) is 24.2 Å². The first kappa shape index (κ1) is 15.0. The average Bonchev–Trinajstić information content (AvgIpc) is 2.44. The van der Waals surface area contributed by atoms with E-state index in [0.29, 0.717) is 5.95 Å². The van der Waals surface area contributed by atoms with E-state index in [9.17, 15) is 0 Å². The van der Waals surface area contributed by atoms with Crippen LogP contribution in [0.25, 0.3) is 0 Å². The molecule has 2 aromatic heterocycles. The van der Waals surface area contributed by atoms with Gasteiger partial charge in [0, 0.05) is 31.9 Å². The van der Waals surface area contributed by atoms with Crippen molar-refractivity contribution in [2.45, 2.75) is 26.4 Å². The second-order valence-electron chi connectivity index (χ2n) is 4.94. The van der Waals surface area contributed by atoms with Crippen LogP contribution in [-0.4, -0.2) is 39.6 Å². The van der Waals surface area contributed by atoms with E-state index in [1.54, 1.807) is 6.20 Å². The van der Waals surface area contributed by atoms with Crippen molar-refractivity contribution in [1.82, 2.24) is 19.9 Å². The minimum atomic E-state index is -0.0153. The van der Waals surface area contributed by atoms with Gasteiger partial charge in [0.15, 0.2) is 0 Å². The van der Waals surface area contributed by atoms with Crippen molar-refractivity contribution in [1.29, 1.82) is 0 Å². The predicted octanol–water partition coefficient (Wildman–Crippen LogP) is 1.31. The Kier molecular flexibility index (Phi) is 4.86. The molecular weight excluding hydrogens is 268 g/mol. The normalized spacial score (nSPS) is 10.7. The molecule has 0 aromatic carbocycles. The highest BCUT2D eigenvalue weighted by Gasteiger charge is 2.11. The Morgan fingerprint density at radius 1 is 1.24 bits per heavy atom. The molecule has 0 aliphatic carbocycles. The van der Waals surface area contributed by atoms with E-state index < -0.39 is 0 Å². The van der Waals surface area contributed by atoms with E-state index in [-0.39, 0.29) is 18.1 Å². The van der Waals surface area contributed by atoms with E-state index in [0.717, 1.165) is 18.7 Å². The van der Waals surface area contributed by atoms with E-state index in [4.69, 9.17) is 10.5 Å². The predicted molar refractivity (Wildman–Crippen MR) is 81.2 cm³/mol. The molecule has 2 aromatic rings. The van der Waals surface area contributed by atoms with Crippen LogP contribution in [0, 0.1) is 0 Å². The van der Waals surface area contributed by atoms with Gasteiger partial charge in [-0.05, 0) is 26.0 Å². The van der Waals surface area contributed by atoms with Gasteiger partial charge in [0.05, 0.1) is 6.10 Å². The van der Waals surface area contributed by atoms with Crippen molar-refractivity contribution in [3.8, 4) is 6.01 Å². The number of hydrogen-bond donors (Lipinski definition) is 1. The summed E-state index contributed by atoms with van der Waals surface area (Å²) in [5, 5.41) is 0. The monoisotopic (exact) mass is 288 g/mol. The lowest BCUT2D eigenvalue weighted by molar-refractivity contribution is 0.222. The molecule has 2 rings (SSSR count). The maximum Gasteiger partial charge on any atom is 0.323 e. The number of nitrogen functional groups attached to an aromatic ring is 1. The molecule has 112 valence electrons. The van der Waals surface area contributed by atoms with Gasteiger partial charge >= 0.3 is 6.01 Å². The van der Waals surface area contributed by atoms with E-state index in [2.05, 4.69) is 19.9 Å². The van der Waals surface area contributed by atoms with Gasteiger partial charge in [-0.1, -0.05) is 6.07 Å². The van der Waals surface area contributed by atoms with Crippen molar-refractivity contribution in [3.63, 3.8) is 0 Å².